The fourth-order valence-electron chi connectivity index (χ4n) is 3.46. The maximum absolute atomic E-state index is 6.47. The second-order valence-corrected chi connectivity index (χ2v) is 13.5. The molecule has 2 nitrogen and oxygen atoms in total. The minimum atomic E-state index is -2.04. The van der Waals surface area contributed by atoms with Crippen LogP contribution in [0.5, 0.6) is 0 Å². The van der Waals surface area contributed by atoms with Gasteiger partial charge in [-0.25, -0.2) is 0 Å². The molecular formula is C24H31BO2Si. The molecule has 146 valence electrons. The third-order valence-electron chi connectivity index (χ3n) is 6.20. The van der Waals surface area contributed by atoms with Crippen molar-refractivity contribution in [3.63, 3.8) is 0 Å². The Hall–Kier alpha value is -1.88. The predicted molar refractivity (Wildman–Crippen MR) is 123 cm³/mol. The highest BCUT2D eigenvalue weighted by atomic mass is 28.3. The summed E-state index contributed by atoms with van der Waals surface area (Å²) in [6.07, 6.45) is 2.21. The van der Waals surface area contributed by atoms with Crippen molar-refractivity contribution in [2.75, 3.05) is 0 Å². The zero-order chi connectivity index (χ0) is 20.6. The summed E-state index contributed by atoms with van der Waals surface area (Å²) in [6, 6.07) is 21.0. The molecule has 3 rings (SSSR count). The highest BCUT2D eigenvalue weighted by Crippen LogP contribution is 2.40. The van der Waals surface area contributed by atoms with Gasteiger partial charge >= 0.3 is 7.12 Å². The van der Waals surface area contributed by atoms with Gasteiger partial charge in [-0.3, -0.25) is 0 Å². The summed E-state index contributed by atoms with van der Waals surface area (Å²) in [7, 11) is -2.41. The second-order valence-electron chi connectivity index (χ2n) is 9.07. The van der Waals surface area contributed by atoms with Gasteiger partial charge in [0.15, 0.2) is 0 Å². The van der Waals surface area contributed by atoms with Gasteiger partial charge in [0.05, 0.1) is 11.2 Å². The molecule has 1 fully saturated rings. The van der Waals surface area contributed by atoms with E-state index >= 15 is 0 Å². The van der Waals surface area contributed by atoms with E-state index in [0.717, 1.165) is 11.1 Å². The molecule has 1 aliphatic heterocycles. The lowest BCUT2D eigenvalue weighted by Gasteiger charge is -2.32. The van der Waals surface area contributed by atoms with Gasteiger partial charge in [0.2, 0.25) is 0 Å². The Morgan fingerprint density at radius 1 is 0.857 bits per heavy atom. The predicted octanol–water partition coefficient (Wildman–Crippen LogP) is 5.41. The molecule has 0 amide bonds. The van der Waals surface area contributed by atoms with E-state index < -0.39 is 8.07 Å². The van der Waals surface area contributed by atoms with E-state index in [-0.39, 0.29) is 18.3 Å². The normalized spacial score (nSPS) is 18.9. The molecule has 0 unspecified atom stereocenters. The average Bonchev–Trinajstić information content (AvgIpc) is 2.87. The smallest absolute Gasteiger partial charge is 0.400 e. The Morgan fingerprint density at radius 2 is 1.32 bits per heavy atom. The minimum absolute atomic E-state index is 0.368. The molecule has 0 radical (unpaired) electrons. The van der Waals surface area contributed by atoms with Crippen molar-refractivity contribution in [3.8, 4) is 0 Å². The fraction of sp³-hybridized carbons (Fsp3) is 0.333. The molecular weight excluding hydrogens is 359 g/mol. The zero-order valence-electron chi connectivity index (χ0n) is 18.0. The highest BCUT2D eigenvalue weighted by molar-refractivity contribution is 7.04. The molecule has 0 aliphatic carbocycles. The number of benzene rings is 2. The van der Waals surface area contributed by atoms with Crippen molar-refractivity contribution in [2.24, 2.45) is 0 Å². The monoisotopic (exact) mass is 390 g/mol. The zero-order valence-corrected chi connectivity index (χ0v) is 19.0. The molecule has 0 saturated carbocycles. The summed E-state index contributed by atoms with van der Waals surface area (Å²) in [5.41, 5.74) is 1.37. The summed E-state index contributed by atoms with van der Waals surface area (Å²) in [6.45, 7) is 17.5. The van der Waals surface area contributed by atoms with Gasteiger partial charge in [-0.15, -0.1) is 0 Å². The summed E-state index contributed by atoms with van der Waals surface area (Å²) in [5, 5.41) is 2.57. The van der Waals surface area contributed by atoms with E-state index in [4.69, 9.17) is 9.31 Å². The molecule has 0 aromatic heterocycles. The number of allylic oxidation sites excluding steroid dienone is 2. The quantitative estimate of drug-likeness (QED) is 0.502. The second kappa shape index (κ2) is 7.51. The molecule has 4 heteroatoms. The maximum atomic E-state index is 6.47. The third-order valence-corrected chi connectivity index (χ3v) is 9.80. The van der Waals surface area contributed by atoms with E-state index in [1.807, 2.05) is 18.2 Å². The van der Waals surface area contributed by atoms with Crippen molar-refractivity contribution < 1.29 is 9.31 Å². The lowest BCUT2D eigenvalue weighted by atomic mass is 9.87. The molecule has 2 aromatic carbocycles. The Kier molecular flexibility index (Phi) is 5.59. The molecule has 1 saturated heterocycles. The van der Waals surface area contributed by atoms with Gasteiger partial charge in [-0.2, -0.15) is 0 Å². The van der Waals surface area contributed by atoms with E-state index in [9.17, 15) is 0 Å². The first-order valence-corrected chi connectivity index (χ1v) is 12.9. The van der Waals surface area contributed by atoms with Crippen molar-refractivity contribution in [1.29, 1.82) is 0 Å². The molecule has 0 atom stereocenters. The van der Waals surface area contributed by atoms with Crippen LogP contribution in [0.4, 0.5) is 0 Å². The molecule has 0 spiro atoms. The molecule has 0 bridgehead atoms. The number of rotatable bonds is 5. The van der Waals surface area contributed by atoms with Crippen molar-refractivity contribution in [1.82, 2.24) is 0 Å². The Balaban J connectivity index is 2.07. The van der Waals surface area contributed by atoms with Gasteiger partial charge in [-0.1, -0.05) is 91.6 Å². The van der Waals surface area contributed by atoms with Crippen LogP contribution in [0.25, 0.3) is 5.57 Å². The first-order valence-electron chi connectivity index (χ1n) is 9.92. The topological polar surface area (TPSA) is 18.5 Å². The van der Waals surface area contributed by atoms with Gasteiger partial charge in [0.1, 0.15) is 8.07 Å². The van der Waals surface area contributed by atoms with Gasteiger partial charge < -0.3 is 9.31 Å². The number of hydrogen-bond donors (Lipinski definition) is 0. The minimum Gasteiger partial charge on any atom is -0.400 e. The Labute approximate surface area is 171 Å². The first kappa shape index (κ1) is 20.8. The van der Waals surface area contributed by atoms with Crippen LogP contribution >= 0.6 is 0 Å². The van der Waals surface area contributed by atoms with Gasteiger partial charge in [0.25, 0.3) is 0 Å². The molecule has 0 N–H and O–H groups in total. The van der Waals surface area contributed by atoms with Crippen LogP contribution in [0, 0.1) is 0 Å². The summed E-state index contributed by atoms with van der Waals surface area (Å²) >= 11 is 0. The van der Waals surface area contributed by atoms with E-state index in [2.05, 4.69) is 95.9 Å². The van der Waals surface area contributed by atoms with Crippen LogP contribution in [0.15, 0.2) is 78.4 Å². The van der Waals surface area contributed by atoms with E-state index in [1.54, 1.807) is 0 Å². The summed E-state index contributed by atoms with van der Waals surface area (Å²) in [5.74, 6) is 0. The molecule has 1 aliphatic rings. The van der Waals surface area contributed by atoms with Crippen LogP contribution in [0.3, 0.4) is 0 Å². The van der Waals surface area contributed by atoms with Crippen molar-refractivity contribution in [3.05, 3.63) is 84.0 Å². The first-order chi connectivity index (χ1) is 13.0. The van der Waals surface area contributed by atoms with Crippen LogP contribution in [0.1, 0.15) is 33.3 Å². The van der Waals surface area contributed by atoms with E-state index in [1.165, 1.54) is 10.3 Å². The fourth-order valence-corrected chi connectivity index (χ4v) is 6.06. The molecule has 28 heavy (non-hydrogen) atoms. The summed E-state index contributed by atoms with van der Waals surface area (Å²) in [4.78, 5) is 0. The molecule has 1 heterocycles. The van der Waals surface area contributed by atoms with Gasteiger partial charge in [0, 0.05) is 0 Å². The SMILES string of the molecule is C=C(/C=C(/B1OC(C)(C)C(C)(C)O1)[Si](C)(C)c1ccccc1)c1ccccc1. The molecule has 2 aromatic rings. The summed E-state index contributed by atoms with van der Waals surface area (Å²) < 4.78 is 12.9. The van der Waals surface area contributed by atoms with E-state index in [0.29, 0.717) is 0 Å². The van der Waals surface area contributed by atoms with Crippen LogP contribution < -0.4 is 5.19 Å². The number of hydrogen-bond acceptors (Lipinski definition) is 2. The maximum Gasteiger partial charge on any atom is 0.486 e. The lowest BCUT2D eigenvalue weighted by Crippen LogP contribution is -2.49. The van der Waals surface area contributed by atoms with Gasteiger partial charge in [-0.05, 0) is 43.9 Å². The third kappa shape index (κ3) is 3.95. The van der Waals surface area contributed by atoms with Crippen LogP contribution in [-0.4, -0.2) is 26.4 Å². The lowest BCUT2D eigenvalue weighted by molar-refractivity contribution is 0.00578. The standard InChI is InChI=1S/C24H31BO2Si/c1-19(20-14-10-8-11-15-20)18-22(25-26-23(2,3)24(4,5)27-25)28(6,7)21-16-12-9-13-17-21/h8-18H,1H2,2-7H3/b22-18-. The Bertz CT molecular complexity index is 854. The highest BCUT2D eigenvalue weighted by Gasteiger charge is 2.54. The largest absolute Gasteiger partial charge is 0.486 e. The Morgan fingerprint density at radius 3 is 1.82 bits per heavy atom. The average molecular weight is 390 g/mol. The van der Waals surface area contributed by atoms with Crippen LogP contribution in [-0.2, 0) is 9.31 Å². The van der Waals surface area contributed by atoms with Crippen molar-refractivity contribution >= 4 is 26.0 Å². The van der Waals surface area contributed by atoms with Crippen LogP contribution in [0.2, 0.25) is 13.1 Å². The van der Waals surface area contributed by atoms with Crippen molar-refractivity contribution in [2.45, 2.75) is 52.0 Å².